The van der Waals surface area contributed by atoms with Crippen LogP contribution < -0.4 is 0 Å². The van der Waals surface area contributed by atoms with Gasteiger partial charge in [-0.25, -0.2) is 9.59 Å². The monoisotopic (exact) mass is 295 g/mol. The lowest BCUT2D eigenvalue weighted by Crippen LogP contribution is -2.35. The van der Waals surface area contributed by atoms with Crippen LogP contribution in [0.15, 0.2) is 12.2 Å². The van der Waals surface area contributed by atoms with Crippen molar-refractivity contribution in [1.29, 1.82) is 5.26 Å². The van der Waals surface area contributed by atoms with Crippen molar-refractivity contribution in [2.75, 3.05) is 0 Å². The van der Waals surface area contributed by atoms with E-state index in [9.17, 15) is 14.9 Å². The van der Waals surface area contributed by atoms with E-state index >= 15 is 0 Å². The first-order chi connectivity index (χ1) is 9.35. The maximum atomic E-state index is 12.2. The van der Waals surface area contributed by atoms with E-state index in [2.05, 4.69) is 0 Å². The molecule has 0 amide bonds. The van der Waals surface area contributed by atoms with Gasteiger partial charge in [-0.2, -0.15) is 5.26 Å². The SMILES string of the molecule is CC[C@@](C#N)(/C=C/C(=O)OC(C)(C)C)C(=O)OC(C)(C)C. The molecule has 0 bridgehead atoms. The van der Waals surface area contributed by atoms with Crippen molar-refractivity contribution < 1.29 is 19.1 Å². The molecule has 0 saturated heterocycles. The van der Waals surface area contributed by atoms with Crippen molar-refractivity contribution in [2.45, 2.75) is 66.1 Å². The molecular formula is C16H25NO4. The lowest BCUT2D eigenvalue weighted by Gasteiger charge is -2.26. The lowest BCUT2D eigenvalue weighted by atomic mass is 9.86. The highest BCUT2D eigenvalue weighted by Crippen LogP contribution is 2.27. The molecule has 0 aromatic carbocycles. The fourth-order valence-electron chi connectivity index (χ4n) is 1.41. The standard InChI is InChI=1S/C16H25NO4/c1-8-16(11-17,13(19)21-15(5,6)7)10-9-12(18)20-14(2,3)4/h9-10H,8H2,1-7H3/b10-9+/t16-/m0/s1. The molecule has 21 heavy (non-hydrogen) atoms. The molecule has 0 fully saturated rings. The minimum Gasteiger partial charge on any atom is -0.459 e. The summed E-state index contributed by atoms with van der Waals surface area (Å²) < 4.78 is 10.4. The molecule has 0 rings (SSSR count). The fourth-order valence-corrected chi connectivity index (χ4v) is 1.41. The number of nitriles is 1. The van der Waals surface area contributed by atoms with Crippen molar-refractivity contribution in [1.82, 2.24) is 0 Å². The summed E-state index contributed by atoms with van der Waals surface area (Å²) in [5, 5.41) is 9.34. The molecule has 0 spiro atoms. The molecule has 0 aromatic heterocycles. The van der Waals surface area contributed by atoms with Crippen LogP contribution in [-0.2, 0) is 19.1 Å². The van der Waals surface area contributed by atoms with E-state index in [0.717, 1.165) is 6.08 Å². The molecule has 0 N–H and O–H groups in total. The summed E-state index contributed by atoms with van der Waals surface area (Å²) in [6.07, 6.45) is 2.58. The van der Waals surface area contributed by atoms with Crippen LogP contribution in [0.4, 0.5) is 0 Å². The summed E-state index contributed by atoms with van der Waals surface area (Å²) in [5.74, 6) is -1.26. The van der Waals surface area contributed by atoms with E-state index in [4.69, 9.17) is 9.47 Å². The second-order valence-electron chi connectivity index (χ2n) is 6.81. The Balaban J connectivity index is 5.19. The number of nitrogens with zero attached hydrogens (tertiary/aromatic N) is 1. The summed E-state index contributed by atoms with van der Waals surface area (Å²) in [5.41, 5.74) is -2.81. The zero-order valence-corrected chi connectivity index (χ0v) is 13.9. The average molecular weight is 295 g/mol. The third-order valence-corrected chi connectivity index (χ3v) is 2.43. The Hall–Kier alpha value is -1.83. The molecule has 0 aliphatic carbocycles. The Morgan fingerprint density at radius 2 is 1.52 bits per heavy atom. The zero-order valence-electron chi connectivity index (χ0n) is 13.9. The lowest BCUT2D eigenvalue weighted by molar-refractivity contribution is -0.161. The number of hydrogen-bond donors (Lipinski definition) is 0. The first kappa shape index (κ1) is 19.2. The minimum absolute atomic E-state index is 0.206. The highest BCUT2D eigenvalue weighted by Gasteiger charge is 2.38. The molecule has 1 atom stereocenters. The topological polar surface area (TPSA) is 76.4 Å². The number of carbonyl (C=O) groups is 2. The van der Waals surface area contributed by atoms with Gasteiger partial charge in [0.15, 0.2) is 5.41 Å². The third kappa shape index (κ3) is 6.94. The second kappa shape index (κ2) is 6.75. The van der Waals surface area contributed by atoms with Gasteiger partial charge in [0.1, 0.15) is 11.2 Å². The molecule has 0 aliphatic rings. The van der Waals surface area contributed by atoms with E-state index in [1.807, 2.05) is 6.07 Å². The van der Waals surface area contributed by atoms with E-state index in [-0.39, 0.29) is 6.42 Å². The predicted octanol–water partition coefficient (Wildman–Crippen LogP) is 3.15. The number of carbonyl (C=O) groups excluding carboxylic acids is 2. The highest BCUT2D eigenvalue weighted by molar-refractivity contribution is 5.87. The Labute approximate surface area is 126 Å². The van der Waals surface area contributed by atoms with Crippen molar-refractivity contribution in [3.8, 4) is 6.07 Å². The van der Waals surface area contributed by atoms with E-state index in [1.165, 1.54) is 6.08 Å². The fraction of sp³-hybridized carbons (Fsp3) is 0.688. The molecule has 0 saturated carbocycles. The quantitative estimate of drug-likeness (QED) is 0.588. The van der Waals surface area contributed by atoms with E-state index < -0.39 is 28.6 Å². The maximum absolute atomic E-state index is 12.2. The summed E-state index contributed by atoms with van der Waals surface area (Å²) in [6.45, 7) is 12.1. The number of esters is 2. The largest absolute Gasteiger partial charge is 0.459 e. The molecule has 0 aromatic rings. The molecular weight excluding hydrogens is 270 g/mol. The predicted molar refractivity (Wildman–Crippen MR) is 79.2 cm³/mol. The van der Waals surface area contributed by atoms with Gasteiger partial charge in [0.25, 0.3) is 0 Å². The Morgan fingerprint density at radius 3 is 1.86 bits per heavy atom. The van der Waals surface area contributed by atoms with Crippen LogP contribution in [0.3, 0.4) is 0 Å². The molecule has 5 nitrogen and oxygen atoms in total. The van der Waals surface area contributed by atoms with Crippen molar-refractivity contribution in [3.05, 3.63) is 12.2 Å². The van der Waals surface area contributed by atoms with Gasteiger partial charge < -0.3 is 9.47 Å². The van der Waals surface area contributed by atoms with Gasteiger partial charge in [-0.15, -0.1) is 0 Å². The molecule has 0 heterocycles. The summed E-state index contributed by atoms with van der Waals surface area (Å²) in [6, 6.07) is 1.94. The number of ether oxygens (including phenoxy) is 2. The molecule has 5 heteroatoms. The average Bonchev–Trinajstić information content (AvgIpc) is 2.26. The van der Waals surface area contributed by atoms with Gasteiger partial charge in [-0.3, -0.25) is 0 Å². The van der Waals surface area contributed by atoms with Crippen molar-refractivity contribution in [2.24, 2.45) is 5.41 Å². The third-order valence-electron chi connectivity index (χ3n) is 2.43. The van der Waals surface area contributed by atoms with Gasteiger partial charge in [-0.1, -0.05) is 6.92 Å². The smallest absolute Gasteiger partial charge is 0.331 e. The first-order valence-electron chi connectivity index (χ1n) is 6.92. The highest BCUT2D eigenvalue weighted by atomic mass is 16.6. The van der Waals surface area contributed by atoms with Crippen LogP contribution in [0.1, 0.15) is 54.9 Å². The molecule has 0 radical (unpaired) electrons. The Kier molecular flexibility index (Phi) is 6.16. The van der Waals surface area contributed by atoms with Crippen LogP contribution in [0.5, 0.6) is 0 Å². The van der Waals surface area contributed by atoms with Crippen LogP contribution in [-0.4, -0.2) is 23.1 Å². The van der Waals surface area contributed by atoms with Crippen LogP contribution in [0, 0.1) is 16.7 Å². The van der Waals surface area contributed by atoms with Gasteiger partial charge in [0.05, 0.1) is 6.07 Å². The maximum Gasteiger partial charge on any atom is 0.331 e. The molecule has 0 unspecified atom stereocenters. The summed E-state index contributed by atoms with van der Waals surface area (Å²) in [4.78, 5) is 23.9. The number of hydrogen-bond acceptors (Lipinski definition) is 5. The van der Waals surface area contributed by atoms with Gasteiger partial charge in [-0.05, 0) is 54.0 Å². The van der Waals surface area contributed by atoms with Crippen molar-refractivity contribution in [3.63, 3.8) is 0 Å². The van der Waals surface area contributed by atoms with Crippen LogP contribution in [0.2, 0.25) is 0 Å². The minimum atomic E-state index is -1.48. The summed E-state index contributed by atoms with van der Waals surface area (Å²) in [7, 11) is 0. The first-order valence-corrected chi connectivity index (χ1v) is 6.92. The van der Waals surface area contributed by atoms with Crippen LogP contribution in [0.25, 0.3) is 0 Å². The summed E-state index contributed by atoms with van der Waals surface area (Å²) >= 11 is 0. The van der Waals surface area contributed by atoms with Crippen molar-refractivity contribution >= 4 is 11.9 Å². The van der Waals surface area contributed by atoms with Gasteiger partial charge in [0, 0.05) is 6.08 Å². The second-order valence-corrected chi connectivity index (χ2v) is 6.81. The Bertz CT molecular complexity index is 460. The normalized spacial score (nSPS) is 15.1. The van der Waals surface area contributed by atoms with Gasteiger partial charge >= 0.3 is 11.9 Å². The van der Waals surface area contributed by atoms with Gasteiger partial charge in [0.2, 0.25) is 0 Å². The molecule has 118 valence electrons. The molecule has 0 aliphatic heterocycles. The number of rotatable bonds is 4. The zero-order chi connectivity index (χ0) is 16.9. The van der Waals surface area contributed by atoms with Crippen LogP contribution >= 0.6 is 0 Å². The van der Waals surface area contributed by atoms with E-state index in [1.54, 1.807) is 48.5 Å². The Morgan fingerprint density at radius 1 is 1.05 bits per heavy atom. The van der Waals surface area contributed by atoms with E-state index in [0.29, 0.717) is 0 Å².